The summed E-state index contributed by atoms with van der Waals surface area (Å²) in [6.07, 6.45) is -1.59. The number of ether oxygens (including phenoxy) is 1. The first-order valence-electron chi connectivity index (χ1n) is 3.77. The number of aliphatic hydroxyl groups excluding tert-OH is 3. The lowest BCUT2D eigenvalue weighted by Crippen LogP contribution is -2.44. The van der Waals surface area contributed by atoms with Gasteiger partial charge in [0.2, 0.25) is 0 Å². The smallest absolute Gasteiger partial charge is 0.155 e. The Morgan fingerprint density at radius 2 is 2.09 bits per heavy atom. The van der Waals surface area contributed by atoms with Crippen LogP contribution in [0.4, 0.5) is 0 Å². The first kappa shape index (κ1) is 8.93. The van der Waals surface area contributed by atoms with Gasteiger partial charge in [-0.1, -0.05) is 0 Å². The Kier molecular flexibility index (Phi) is 2.84. The van der Waals surface area contributed by atoms with E-state index in [2.05, 4.69) is 0 Å². The Morgan fingerprint density at radius 3 is 2.64 bits per heavy atom. The summed E-state index contributed by atoms with van der Waals surface area (Å²) in [5, 5.41) is 27.2. The zero-order chi connectivity index (χ0) is 8.43. The van der Waals surface area contributed by atoms with Crippen molar-refractivity contribution in [3.63, 3.8) is 0 Å². The Morgan fingerprint density at radius 1 is 1.45 bits per heavy atom. The van der Waals surface area contributed by atoms with Crippen LogP contribution in [0.3, 0.4) is 0 Å². The molecule has 11 heavy (non-hydrogen) atoms. The van der Waals surface area contributed by atoms with Gasteiger partial charge >= 0.3 is 0 Å². The molecule has 0 unspecified atom stereocenters. The molecular formula is C7H14O4. The standard InChI is InChI=1S/C7H14O4/c1-4-7(10)5(3-8)2-6(9)11-4/h4-10H,2-3H2,1H3/t4-,5+,6+,7-/m0/s1. The molecule has 0 amide bonds. The number of rotatable bonds is 1. The third-order valence-electron chi connectivity index (χ3n) is 2.07. The maximum Gasteiger partial charge on any atom is 0.155 e. The van der Waals surface area contributed by atoms with Crippen molar-refractivity contribution >= 4 is 0 Å². The second-order valence-electron chi connectivity index (χ2n) is 2.96. The normalized spacial score (nSPS) is 45.8. The van der Waals surface area contributed by atoms with Crippen LogP contribution in [0.5, 0.6) is 0 Å². The van der Waals surface area contributed by atoms with Gasteiger partial charge in [-0.15, -0.1) is 0 Å². The minimum Gasteiger partial charge on any atom is -0.396 e. The van der Waals surface area contributed by atoms with E-state index in [4.69, 9.17) is 14.9 Å². The van der Waals surface area contributed by atoms with E-state index in [0.717, 1.165) is 0 Å². The van der Waals surface area contributed by atoms with Crippen LogP contribution in [0.2, 0.25) is 0 Å². The van der Waals surface area contributed by atoms with E-state index < -0.39 is 18.5 Å². The Balaban J connectivity index is 2.51. The zero-order valence-electron chi connectivity index (χ0n) is 6.47. The van der Waals surface area contributed by atoms with Gasteiger partial charge in [-0.25, -0.2) is 0 Å². The molecule has 4 nitrogen and oxygen atoms in total. The molecule has 0 saturated carbocycles. The highest BCUT2D eigenvalue weighted by atomic mass is 16.6. The van der Waals surface area contributed by atoms with Crippen LogP contribution in [-0.2, 0) is 4.74 Å². The Labute approximate surface area is 65.4 Å². The molecule has 66 valence electrons. The molecule has 0 aromatic heterocycles. The molecule has 1 heterocycles. The SMILES string of the molecule is C[C@@H]1O[C@@H](O)C[C@H](CO)[C@H]1O. The molecule has 1 aliphatic rings. The van der Waals surface area contributed by atoms with Crippen molar-refractivity contribution in [3.8, 4) is 0 Å². The molecule has 0 radical (unpaired) electrons. The topological polar surface area (TPSA) is 69.9 Å². The van der Waals surface area contributed by atoms with Crippen LogP contribution >= 0.6 is 0 Å². The van der Waals surface area contributed by atoms with Gasteiger partial charge in [-0.2, -0.15) is 0 Å². The fourth-order valence-electron chi connectivity index (χ4n) is 1.35. The molecule has 1 saturated heterocycles. The fraction of sp³-hybridized carbons (Fsp3) is 1.00. The van der Waals surface area contributed by atoms with E-state index in [1.165, 1.54) is 0 Å². The first-order chi connectivity index (χ1) is 5.15. The maximum absolute atomic E-state index is 9.36. The fourth-order valence-corrected chi connectivity index (χ4v) is 1.35. The summed E-state index contributed by atoms with van der Waals surface area (Å²) in [5.74, 6) is -0.256. The van der Waals surface area contributed by atoms with E-state index in [1.54, 1.807) is 6.92 Å². The summed E-state index contributed by atoms with van der Waals surface area (Å²) in [6.45, 7) is 1.57. The lowest BCUT2D eigenvalue weighted by Gasteiger charge is -2.34. The van der Waals surface area contributed by atoms with Crippen molar-refractivity contribution in [1.29, 1.82) is 0 Å². The molecule has 0 aliphatic carbocycles. The van der Waals surface area contributed by atoms with Crippen LogP contribution in [0.25, 0.3) is 0 Å². The predicted molar refractivity (Wildman–Crippen MR) is 37.8 cm³/mol. The second-order valence-corrected chi connectivity index (χ2v) is 2.96. The molecule has 0 aromatic rings. The molecule has 0 bridgehead atoms. The van der Waals surface area contributed by atoms with Crippen LogP contribution < -0.4 is 0 Å². The van der Waals surface area contributed by atoms with E-state index >= 15 is 0 Å². The molecule has 0 aromatic carbocycles. The number of hydrogen-bond donors (Lipinski definition) is 3. The molecule has 4 heteroatoms. The van der Waals surface area contributed by atoms with Crippen molar-refractivity contribution < 1.29 is 20.1 Å². The van der Waals surface area contributed by atoms with Crippen LogP contribution in [-0.4, -0.2) is 40.4 Å². The second kappa shape index (κ2) is 3.49. The molecule has 1 aliphatic heterocycles. The summed E-state index contributed by atoms with van der Waals surface area (Å²) >= 11 is 0. The third kappa shape index (κ3) is 1.90. The average molecular weight is 162 g/mol. The van der Waals surface area contributed by atoms with E-state index in [9.17, 15) is 5.11 Å². The van der Waals surface area contributed by atoms with Gasteiger partial charge in [-0.05, 0) is 6.92 Å². The van der Waals surface area contributed by atoms with Crippen molar-refractivity contribution in [1.82, 2.24) is 0 Å². The molecular weight excluding hydrogens is 148 g/mol. The molecule has 1 fully saturated rings. The molecule has 4 atom stereocenters. The quantitative estimate of drug-likeness (QED) is 0.466. The van der Waals surface area contributed by atoms with Gasteiger partial charge < -0.3 is 20.1 Å². The highest BCUT2D eigenvalue weighted by Gasteiger charge is 2.33. The van der Waals surface area contributed by atoms with Crippen LogP contribution in [0, 0.1) is 5.92 Å². The monoisotopic (exact) mass is 162 g/mol. The van der Waals surface area contributed by atoms with E-state index in [1.807, 2.05) is 0 Å². The van der Waals surface area contributed by atoms with Crippen molar-refractivity contribution in [2.45, 2.75) is 31.8 Å². The highest BCUT2D eigenvalue weighted by Crippen LogP contribution is 2.23. The Hall–Kier alpha value is -0.160. The van der Waals surface area contributed by atoms with Gasteiger partial charge in [0.05, 0.1) is 12.2 Å². The van der Waals surface area contributed by atoms with E-state index in [-0.39, 0.29) is 12.5 Å². The minimum atomic E-state index is -0.842. The zero-order valence-corrected chi connectivity index (χ0v) is 6.47. The van der Waals surface area contributed by atoms with Gasteiger partial charge in [0, 0.05) is 18.9 Å². The summed E-state index contributed by atoms with van der Waals surface area (Å²) in [5.41, 5.74) is 0. The predicted octanol–water partition coefficient (Wildman–Crippen LogP) is -0.917. The van der Waals surface area contributed by atoms with Gasteiger partial charge in [0.1, 0.15) is 0 Å². The van der Waals surface area contributed by atoms with Crippen LogP contribution in [0.1, 0.15) is 13.3 Å². The molecule has 0 spiro atoms. The van der Waals surface area contributed by atoms with Gasteiger partial charge in [-0.3, -0.25) is 0 Å². The van der Waals surface area contributed by atoms with Crippen molar-refractivity contribution in [3.05, 3.63) is 0 Å². The lowest BCUT2D eigenvalue weighted by atomic mass is 9.93. The van der Waals surface area contributed by atoms with Crippen molar-refractivity contribution in [2.24, 2.45) is 5.92 Å². The summed E-state index contributed by atoms with van der Waals surface area (Å²) in [7, 11) is 0. The largest absolute Gasteiger partial charge is 0.396 e. The summed E-state index contributed by atoms with van der Waals surface area (Å²) in [4.78, 5) is 0. The maximum atomic E-state index is 9.36. The number of hydrogen-bond acceptors (Lipinski definition) is 4. The van der Waals surface area contributed by atoms with E-state index in [0.29, 0.717) is 6.42 Å². The highest BCUT2D eigenvalue weighted by molar-refractivity contribution is 4.79. The van der Waals surface area contributed by atoms with Crippen molar-refractivity contribution in [2.75, 3.05) is 6.61 Å². The molecule has 1 rings (SSSR count). The average Bonchev–Trinajstić information content (AvgIpc) is 1.96. The third-order valence-corrected chi connectivity index (χ3v) is 2.07. The summed E-state index contributed by atoms with van der Waals surface area (Å²) in [6, 6.07) is 0. The Bertz CT molecular complexity index is 128. The summed E-state index contributed by atoms with van der Waals surface area (Å²) < 4.78 is 4.92. The molecule has 3 N–H and O–H groups in total. The first-order valence-corrected chi connectivity index (χ1v) is 3.77. The lowest BCUT2D eigenvalue weighted by molar-refractivity contribution is -0.216. The minimum absolute atomic E-state index is 0.105. The number of aliphatic hydroxyl groups is 3. The van der Waals surface area contributed by atoms with Gasteiger partial charge in [0.25, 0.3) is 0 Å². The van der Waals surface area contributed by atoms with Gasteiger partial charge in [0.15, 0.2) is 6.29 Å². The van der Waals surface area contributed by atoms with Crippen LogP contribution in [0.15, 0.2) is 0 Å².